The van der Waals surface area contributed by atoms with E-state index in [0.29, 0.717) is 10.8 Å². The monoisotopic (exact) mass is 518 g/mol. The molecular formula is C24H28Br2OSi. The molecule has 0 amide bonds. The molecule has 148 valence electrons. The molecule has 1 nitrogen and oxygen atoms in total. The Bertz CT molecular complexity index is 807. The standard InChI is InChI=1S/C24H28Br2OSi/c1-22(2,3)28(19-10-6-4-7-11-19,20-12-8-5-9-13-20)27-18-24-15-23(16-24,17-24)14-21(25)26/h4-14H,15-18H2,1-3H3. The summed E-state index contributed by atoms with van der Waals surface area (Å²) in [5, 5.41) is 2.80. The van der Waals surface area contributed by atoms with Gasteiger partial charge in [-0.1, -0.05) is 87.5 Å². The number of benzene rings is 2. The van der Waals surface area contributed by atoms with Crippen molar-refractivity contribution in [2.24, 2.45) is 10.8 Å². The van der Waals surface area contributed by atoms with E-state index >= 15 is 0 Å². The van der Waals surface area contributed by atoms with E-state index in [-0.39, 0.29) is 5.04 Å². The molecule has 0 N–H and O–H groups in total. The smallest absolute Gasteiger partial charge is 0.261 e. The summed E-state index contributed by atoms with van der Waals surface area (Å²) < 4.78 is 8.24. The van der Waals surface area contributed by atoms with E-state index < -0.39 is 8.32 Å². The van der Waals surface area contributed by atoms with Crippen LogP contribution < -0.4 is 10.4 Å². The van der Waals surface area contributed by atoms with Crippen LogP contribution in [0.2, 0.25) is 5.04 Å². The van der Waals surface area contributed by atoms with Crippen molar-refractivity contribution in [3.8, 4) is 0 Å². The summed E-state index contributed by atoms with van der Waals surface area (Å²) >= 11 is 7.08. The highest BCUT2D eigenvalue weighted by atomic mass is 79.9. The van der Waals surface area contributed by atoms with Gasteiger partial charge in [0.25, 0.3) is 8.32 Å². The molecule has 0 unspecified atom stereocenters. The van der Waals surface area contributed by atoms with Gasteiger partial charge in [0.1, 0.15) is 0 Å². The fourth-order valence-electron chi connectivity index (χ4n) is 5.65. The second-order valence-corrected chi connectivity index (χ2v) is 16.9. The minimum absolute atomic E-state index is 0.0513. The average molecular weight is 520 g/mol. The first-order valence-corrected chi connectivity index (χ1v) is 13.5. The Hall–Kier alpha value is -0.683. The van der Waals surface area contributed by atoms with Gasteiger partial charge >= 0.3 is 0 Å². The third-order valence-corrected chi connectivity index (χ3v) is 12.0. The third kappa shape index (κ3) is 3.40. The number of rotatable bonds is 6. The molecule has 3 aliphatic rings. The van der Waals surface area contributed by atoms with Gasteiger partial charge in [0, 0.05) is 6.61 Å². The maximum atomic E-state index is 7.16. The summed E-state index contributed by atoms with van der Waals surface area (Å²) in [4.78, 5) is 0. The Balaban J connectivity index is 1.66. The summed E-state index contributed by atoms with van der Waals surface area (Å²) in [6, 6.07) is 21.9. The topological polar surface area (TPSA) is 9.23 Å². The van der Waals surface area contributed by atoms with Crippen LogP contribution in [0, 0.1) is 10.8 Å². The zero-order chi connectivity index (χ0) is 20.0. The van der Waals surface area contributed by atoms with Gasteiger partial charge in [0.05, 0.1) is 3.39 Å². The molecule has 0 atom stereocenters. The molecule has 0 radical (unpaired) electrons. The predicted octanol–water partition coefficient (Wildman–Crippen LogP) is 6.36. The van der Waals surface area contributed by atoms with Crippen LogP contribution in [0.1, 0.15) is 40.0 Å². The molecule has 5 rings (SSSR count). The molecule has 0 aromatic heterocycles. The lowest BCUT2D eigenvalue weighted by molar-refractivity contribution is -0.188. The summed E-state index contributed by atoms with van der Waals surface area (Å²) in [5.41, 5.74) is 0.774. The predicted molar refractivity (Wildman–Crippen MR) is 128 cm³/mol. The Morgan fingerprint density at radius 3 is 1.79 bits per heavy atom. The van der Waals surface area contributed by atoms with Crippen LogP contribution in [0.3, 0.4) is 0 Å². The fourth-order valence-corrected chi connectivity index (χ4v) is 11.3. The van der Waals surface area contributed by atoms with Crippen molar-refractivity contribution in [3.63, 3.8) is 0 Å². The SMILES string of the molecule is CC(C)(C)[Si](OCC12CC(C=C(Br)Br)(C1)C2)(c1ccccc1)c1ccccc1. The Labute approximate surface area is 187 Å². The maximum absolute atomic E-state index is 7.16. The molecule has 2 bridgehead atoms. The van der Waals surface area contributed by atoms with Crippen molar-refractivity contribution in [2.45, 2.75) is 45.1 Å². The van der Waals surface area contributed by atoms with Gasteiger partial charge in [0.15, 0.2) is 0 Å². The van der Waals surface area contributed by atoms with Crippen LogP contribution in [0.5, 0.6) is 0 Å². The molecule has 28 heavy (non-hydrogen) atoms. The zero-order valence-corrected chi connectivity index (χ0v) is 21.0. The molecule has 3 aliphatic carbocycles. The summed E-state index contributed by atoms with van der Waals surface area (Å²) in [6.45, 7) is 7.93. The maximum Gasteiger partial charge on any atom is 0.261 e. The summed E-state index contributed by atoms with van der Waals surface area (Å²) in [7, 11) is -2.41. The van der Waals surface area contributed by atoms with Gasteiger partial charge in [-0.05, 0) is 77.4 Å². The molecule has 2 aromatic carbocycles. The third-order valence-electron chi connectivity index (χ3n) is 6.61. The normalized spacial score (nSPS) is 26.2. The van der Waals surface area contributed by atoms with E-state index in [1.165, 1.54) is 29.6 Å². The molecule has 0 aliphatic heterocycles. The zero-order valence-electron chi connectivity index (χ0n) is 16.8. The molecule has 3 saturated carbocycles. The highest BCUT2D eigenvalue weighted by molar-refractivity contribution is 9.28. The van der Waals surface area contributed by atoms with Crippen molar-refractivity contribution < 1.29 is 4.43 Å². The van der Waals surface area contributed by atoms with Gasteiger partial charge in [0.2, 0.25) is 0 Å². The van der Waals surface area contributed by atoms with Crippen molar-refractivity contribution in [2.75, 3.05) is 6.61 Å². The lowest BCUT2D eigenvalue weighted by Gasteiger charge is -2.70. The average Bonchev–Trinajstić information content (AvgIpc) is 2.59. The fraction of sp³-hybridized carbons (Fsp3) is 0.417. The van der Waals surface area contributed by atoms with Gasteiger partial charge in [-0.3, -0.25) is 0 Å². The minimum Gasteiger partial charge on any atom is -0.407 e. The van der Waals surface area contributed by atoms with Gasteiger partial charge in [-0.15, -0.1) is 0 Å². The van der Waals surface area contributed by atoms with E-state index in [1.54, 1.807) is 0 Å². The quantitative estimate of drug-likeness (QED) is 0.403. The van der Waals surface area contributed by atoms with Crippen molar-refractivity contribution in [3.05, 3.63) is 70.1 Å². The first kappa shape index (κ1) is 20.6. The second-order valence-electron chi connectivity index (χ2n) is 9.78. The summed E-state index contributed by atoms with van der Waals surface area (Å²) in [6.07, 6.45) is 6.09. The minimum atomic E-state index is -2.41. The summed E-state index contributed by atoms with van der Waals surface area (Å²) in [5.74, 6) is 0. The molecule has 2 aromatic rings. The van der Waals surface area contributed by atoms with E-state index in [9.17, 15) is 0 Å². The van der Waals surface area contributed by atoms with E-state index in [0.717, 1.165) is 10.00 Å². The Morgan fingerprint density at radius 2 is 1.39 bits per heavy atom. The van der Waals surface area contributed by atoms with Crippen molar-refractivity contribution in [1.82, 2.24) is 0 Å². The molecule has 4 heteroatoms. The molecule has 0 heterocycles. The van der Waals surface area contributed by atoms with Crippen LogP contribution in [0.4, 0.5) is 0 Å². The van der Waals surface area contributed by atoms with Crippen LogP contribution in [-0.2, 0) is 4.43 Å². The largest absolute Gasteiger partial charge is 0.407 e. The van der Waals surface area contributed by atoms with Crippen molar-refractivity contribution >= 4 is 50.6 Å². The lowest BCUT2D eigenvalue weighted by Crippen LogP contribution is -2.70. The van der Waals surface area contributed by atoms with Crippen LogP contribution >= 0.6 is 31.9 Å². The Morgan fingerprint density at radius 1 is 0.929 bits per heavy atom. The van der Waals surface area contributed by atoms with E-state index in [1.807, 2.05) is 0 Å². The number of allylic oxidation sites excluding steroid dienone is 1. The van der Waals surface area contributed by atoms with Gasteiger partial charge in [-0.25, -0.2) is 0 Å². The number of hydrogen-bond acceptors (Lipinski definition) is 1. The molecule has 3 fully saturated rings. The molecule has 0 spiro atoms. The second kappa shape index (κ2) is 7.23. The van der Waals surface area contributed by atoms with E-state index in [2.05, 4.69) is 119 Å². The number of halogens is 2. The van der Waals surface area contributed by atoms with Crippen molar-refractivity contribution in [1.29, 1.82) is 0 Å². The first-order chi connectivity index (χ1) is 13.2. The first-order valence-electron chi connectivity index (χ1n) is 9.99. The van der Waals surface area contributed by atoms with Gasteiger partial charge in [-0.2, -0.15) is 0 Å². The van der Waals surface area contributed by atoms with Crippen LogP contribution in [0.25, 0.3) is 0 Å². The van der Waals surface area contributed by atoms with Gasteiger partial charge < -0.3 is 4.43 Å². The molecule has 0 saturated heterocycles. The van der Waals surface area contributed by atoms with Crippen LogP contribution in [-0.4, -0.2) is 14.9 Å². The number of hydrogen-bond donors (Lipinski definition) is 0. The molecular weight excluding hydrogens is 492 g/mol. The highest BCUT2D eigenvalue weighted by Gasteiger charge is 2.67. The van der Waals surface area contributed by atoms with Crippen LogP contribution in [0.15, 0.2) is 70.1 Å². The lowest BCUT2D eigenvalue weighted by atomic mass is 9.35. The highest BCUT2D eigenvalue weighted by Crippen LogP contribution is 2.74. The Kier molecular flexibility index (Phi) is 5.31. The van der Waals surface area contributed by atoms with E-state index in [4.69, 9.17) is 4.43 Å².